The second-order valence-corrected chi connectivity index (χ2v) is 8.72. The van der Waals surface area contributed by atoms with Gasteiger partial charge < -0.3 is 0 Å². The molecule has 2 atom stereocenters. The Morgan fingerprint density at radius 2 is 1.57 bits per heavy atom. The lowest BCUT2D eigenvalue weighted by molar-refractivity contribution is 0.623. The first kappa shape index (κ1) is 16.4. The molecule has 0 amide bonds. The summed E-state index contributed by atoms with van der Waals surface area (Å²) in [7, 11) is -1.15. The summed E-state index contributed by atoms with van der Waals surface area (Å²) in [5.74, 6) is 0. The van der Waals surface area contributed by atoms with E-state index >= 15 is 0 Å². The Bertz CT molecular complexity index is 622. The molecule has 0 radical (unpaired) electrons. The van der Waals surface area contributed by atoms with Crippen molar-refractivity contribution < 1.29 is 4.21 Å². The lowest BCUT2D eigenvalue weighted by atomic mass is 10.00. The van der Waals surface area contributed by atoms with Crippen molar-refractivity contribution in [3.63, 3.8) is 0 Å². The SMILES string of the molecule is CC(C)(C)S(=O)NC(c1ccccc1)c1ccccc1Br. The molecule has 4 heteroatoms. The molecule has 2 nitrogen and oxygen atoms in total. The van der Waals surface area contributed by atoms with E-state index in [2.05, 4.69) is 38.9 Å². The number of nitrogens with one attached hydrogen (secondary N) is 1. The van der Waals surface area contributed by atoms with Crippen molar-refractivity contribution in [2.75, 3.05) is 0 Å². The van der Waals surface area contributed by atoms with Crippen molar-refractivity contribution in [3.05, 3.63) is 70.2 Å². The van der Waals surface area contributed by atoms with Crippen LogP contribution in [0.2, 0.25) is 0 Å². The van der Waals surface area contributed by atoms with Crippen LogP contribution in [-0.4, -0.2) is 8.96 Å². The number of halogens is 1. The van der Waals surface area contributed by atoms with Gasteiger partial charge in [0.25, 0.3) is 0 Å². The maximum absolute atomic E-state index is 12.5. The third-order valence-corrected chi connectivity index (χ3v) is 5.41. The fraction of sp³-hybridized carbons (Fsp3) is 0.294. The van der Waals surface area contributed by atoms with Gasteiger partial charge in [0.1, 0.15) is 0 Å². The van der Waals surface area contributed by atoms with E-state index in [-0.39, 0.29) is 10.8 Å². The van der Waals surface area contributed by atoms with Crippen molar-refractivity contribution in [1.82, 2.24) is 4.72 Å². The Morgan fingerprint density at radius 1 is 1.00 bits per heavy atom. The number of hydrogen-bond acceptors (Lipinski definition) is 1. The van der Waals surface area contributed by atoms with E-state index in [0.717, 1.165) is 15.6 Å². The molecular weight excluding hydrogens is 346 g/mol. The minimum atomic E-state index is -1.15. The van der Waals surface area contributed by atoms with E-state index in [1.165, 1.54) is 0 Å². The van der Waals surface area contributed by atoms with Crippen LogP contribution in [0.5, 0.6) is 0 Å². The summed E-state index contributed by atoms with van der Waals surface area (Å²) in [6.07, 6.45) is 0. The molecule has 0 saturated carbocycles. The quantitative estimate of drug-likeness (QED) is 0.843. The van der Waals surface area contributed by atoms with Gasteiger partial charge in [0.2, 0.25) is 0 Å². The fourth-order valence-corrected chi connectivity index (χ4v) is 3.29. The summed E-state index contributed by atoms with van der Waals surface area (Å²) in [6, 6.07) is 18.0. The van der Waals surface area contributed by atoms with Gasteiger partial charge in [-0.1, -0.05) is 64.5 Å². The molecule has 0 spiro atoms. The van der Waals surface area contributed by atoms with Crippen molar-refractivity contribution in [2.45, 2.75) is 31.6 Å². The zero-order chi connectivity index (χ0) is 15.5. The van der Waals surface area contributed by atoms with Crippen LogP contribution in [0.1, 0.15) is 37.9 Å². The van der Waals surface area contributed by atoms with Gasteiger partial charge in [-0.05, 0) is 38.0 Å². The number of benzene rings is 2. The highest BCUT2D eigenvalue weighted by Crippen LogP contribution is 2.29. The maximum Gasteiger partial charge on any atom is 0.0979 e. The second-order valence-electron chi connectivity index (χ2n) is 5.86. The van der Waals surface area contributed by atoms with Crippen molar-refractivity contribution in [1.29, 1.82) is 0 Å². The van der Waals surface area contributed by atoms with Crippen LogP contribution >= 0.6 is 15.9 Å². The van der Waals surface area contributed by atoms with Crippen LogP contribution < -0.4 is 4.72 Å². The van der Waals surface area contributed by atoms with Crippen LogP contribution in [0.3, 0.4) is 0 Å². The Labute approximate surface area is 137 Å². The predicted molar refractivity (Wildman–Crippen MR) is 93.5 cm³/mol. The number of rotatable bonds is 4. The van der Waals surface area contributed by atoms with Crippen LogP contribution in [0, 0.1) is 0 Å². The zero-order valence-corrected chi connectivity index (χ0v) is 14.9. The van der Waals surface area contributed by atoms with E-state index in [1.54, 1.807) is 0 Å². The normalized spacial score (nSPS) is 14.7. The lowest BCUT2D eigenvalue weighted by Crippen LogP contribution is -2.36. The minimum Gasteiger partial charge on any atom is -0.242 e. The summed E-state index contributed by atoms with van der Waals surface area (Å²) >= 11 is 3.60. The Morgan fingerprint density at radius 3 is 2.14 bits per heavy atom. The standard InChI is InChI=1S/C17H20BrNOS/c1-17(2,3)21(20)19-16(13-9-5-4-6-10-13)14-11-7-8-12-15(14)18/h4-12,16,19H,1-3H3. The van der Waals surface area contributed by atoms with Gasteiger partial charge in [0.05, 0.1) is 21.8 Å². The Hall–Kier alpha value is -0.970. The van der Waals surface area contributed by atoms with Gasteiger partial charge >= 0.3 is 0 Å². The van der Waals surface area contributed by atoms with Crippen LogP contribution in [0.4, 0.5) is 0 Å². The van der Waals surface area contributed by atoms with E-state index in [9.17, 15) is 4.21 Å². The molecule has 2 aromatic rings. The van der Waals surface area contributed by atoms with Crippen molar-refractivity contribution in [3.8, 4) is 0 Å². The molecule has 0 aliphatic heterocycles. The molecule has 2 rings (SSSR count). The molecular formula is C17H20BrNOS. The summed E-state index contributed by atoms with van der Waals surface area (Å²) < 4.78 is 16.5. The van der Waals surface area contributed by atoms with Gasteiger partial charge in [-0.3, -0.25) is 0 Å². The van der Waals surface area contributed by atoms with Crippen molar-refractivity contribution >= 4 is 26.9 Å². The molecule has 0 aliphatic carbocycles. The molecule has 0 aromatic heterocycles. The minimum absolute atomic E-state index is 0.109. The first-order valence-corrected chi connectivity index (χ1v) is 8.81. The largest absolute Gasteiger partial charge is 0.242 e. The Balaban J connectivity index is 2.41. The van der Waals surface area contributed by atoms with Crippen molar-refractivity contribution in [2.24, 2.45) is 0 Å². The number of hydrogen-bond donors (Lipinski definition) is 1. The molecule has 21 heavy (non-hydrogen) atoms. The average Bonchev–Trinajstić information content (AvgIpc) is 2.45. The molecule has 112 valence electrons. The van der Waals surface area contributed by atoms with E-state index in [1.807, 2.05) is 57.2 Å². The molecule has 2 aromatic carbocycles. The van der Waals surface area contributed by atoms with Gasteiger partial charge in [-0.2, -0.15) is 0 Å². The lowest BCUT2D eigenvalue weighted by Gasteiger charge is -2.25. The highest BCUT2D eigenvalue weighted by atomic mass is 79.9. The first-order chi connectivity index (χ1) is 9.89. The molecule has 0 heterocycles. The van der Waals surface area contributed by atoms with Crippen LogP contribution in [0.25, 0.3) is 0 Å². The van der Waals surface area contributed by atoms with Gasteiger partial charge in [-0.25, -0.2) is 8.93 Å². The molecule has 0 bridgehead atoms. The van der Waals surface area contributed by atoms with Gasteiger partial charge in [-0.15, -0.1) is 0 Å². The average molecular weight is 366 g/mol. The topological polar surface area (TPSA) is 29.1 Å². The third kappa shape index (κ3) is 4.25. The summed E-state index contributed by atoms with van der Waals surface area (Å²) in [6.45, 7) is 5.91. The van der Waals surface area contributed by atoms with Crippen LogP contribution in [-0.2, 0) is 11.0 Å². The maximum atomic E-state index is 12.5. The third-order valence-electron chi connectivity index (χ3n) is 3.13. The molecule has 0 fully saturated rings. The monoisotopic (exact) mass is 365 g/mol. The predicted octanol–water partition coefficient (Wildman–Crippen LogP) is 4.59. The molecule has 0 aliphatic rings. The zero-order valence-electron chi connectivity index (χ0n) is 12.5. The summed E-state index contributed by atoms with van der Waals surface area (Å²) in [5.41, 5.74) is 2.18. The van der Waals surface area contributed by atoms with E-state index in [0.29, 0.717) is 0 Å². The van der Waals surface area contributed by atoms with Gasteiger partial charge in [0.15, 0.2) is 0 Å². The molecule has 1 N–H and O–H groups in total. The van der Waals surface area contributed by atoms with Gasteiger partial charge in [0, 0.05) is 4.47 Å². The smallest absolute Gasteiger partial charge is 0.0979 e. The van der Waals surface area contributed by atoms with Crippen LogP contribution in [0.15, 0.2) is 59.1 Å². The highest BCUT2D eigenvalue weighted by molar-refractivity contribution is 9.10. The van der Waals surface area contributed by atoms with E-state index in [4.69, 9.17) is 0 Å². The highest BCUT2D eigenvalue weighted by Gasteiger charge is 2.25. The first-order valence-electron chi connectivity index (χ1n) is 6.87. The summed E-state index contributed by atoms with van der Waals surface area (Å²) in [4.78, 5) is 0. The molecule has 0 saturated heterocycles. The van der Waals surface area contributed by atoms with E-state index < -0.39 is 11.0 Å². The fourth-order valence-electron chi connectivity index (χ4n) is 1.95. The second kappa shape index (κ2) is 6.86. The summed E-state index contributed by atoms with van der Waals surface area (Å²) in [5, 5.41) is 0. The molecule has 2 unspecified atom stereocenters. The Kier molecular flexibility index (Phi) is 5.36.